The van der Waals surface area contributed by atoms with Crippen LogP contribution < -0.4 is 5.32 Å². The molecule has 2 atom stereocenters. The van der Waals surface area contributed by atoms with Crippen LogP contribution >= 0.6 is 0 Å². The number of nitrogens with one attached hydrogen (secondary N) is 1. The summed E-state index contributed by atoms with van der Waals surface area (Å²) in [7, 11) is 0. The van der Waals surface area contributed by atoms with E-state index >= 15 is 0 Å². The van der Waals surface area contributed by atoms with Crippen molar-refractivity contribution in [2.75, 3.05) is 0 Å². The fourth-order valence-corrected chi connectivity index (χ4v) is 2.33. The Labute approximate surface area is 113 Å². The second-order valence-corrected chi connectivity index (χ2v) is 5.01. The number of carbonyl (C=O) groups is 1. The molecular weight excluding hydrogens is 242 g/mol. The lowest BCUT2D eigenvalue weighted by molar-refractivity contribution is -0.145. The molecule has 0 amide bonds. The van der Waals surface area contributed by atoms with Crippen molar-refractivity contribution in [3.63, 3.8) is 0 Å². The molecule has 2 unspecified atom stereocenters. The molecule has 2 N–H and O–H groups in total. The molecule has 19 heavy (non-hydrogen) atoms. The summed E-state index contributed by atoms with van der Waals surface area (Å²) in [4.78, 5) is 11.8. The topological polar surface area (TPSA) is 58.6 Å². The molecule has 4 nitrogen and oxygen atoms in total. The monoisotopic (exact) mass is 263 g/mol. The van der Waals surface area contributed by atoms with Crippen LogP contribution in [0.1, 0.15) is 37.7 Å². The molecule has 1 saturated heterocycles. The largest absolute Gasteiger partial charge is 0.461 e. The number of aliphatic hydroxyl groups excluding tert-OH is 1. The summed E-state index contributed by atoms with van der Waals surface area (Å²) >= 11 is 0. The van der Waals surface area contributed by atoms with E-state index in [2.05, 4.69) is 5.32 Å². The molecule has 1 aliphatic heterocycles. The Bertz CT molecular complexity index is 394. The second kappa shape index (κ2) is 7.26. The van der Waals surface area contributed by atoms with Crippen molar-refractivity contribution in [2.24, 2.45) is 0 Å². The average molecular weight is 263 g/mol. The molecule has 1 aromatic rings. The predicted octanol–water partition coefficient (Wildman–Crippen LogP) is 1.97. The molecule has 1 fully saturated rings. The molecule has 1 aromatic carbocycles. The van der Waals surface area contributed by atoms with Crippen LogP contribution in [0.4, 0.5) is 0 Å². The maximum Gasteiger partial charge on any atom is 0.307 e. The van der Waals surface area contributed by atoms with E-state index in [-0.39, 0.29) is 12.0 Å². The standard InChI is InChI=1S/C15H21NO3/c17-14-9-5-4-8-13(16-14)10-15(18)19-11-12-6-2-1-3-7-12/h1-3,6-7,13-14,16-17H,4-5,8-11H2. The predicted molar refractivity (Wildman–Crippen MR) is 72.3 cm³/mol. The highest BCUT2D eigenvalue weighted by Crippen LogP contribution is 2.14. The Morgan fingerprint density at radius 2 is 2.00 bits per heavy atom. The molecule has 4 heteroatoms. The van der Waals surface area contributed by atoms with E-state index in [9.17, 15) is 9.90 Å². The van der Waals surface area contributed by atoms with Gasteiger partial charge in [0.25, 0.3) is 0 Å². The van der Waals surface area contributed by atoms with Crippen molar-refractivity contribution in [1.29, 1.82) is 0 Å². The SMILES string of the molecule is O=C(CC1CCCCC(O)N1)OCc1ccccc1. The van der Waals surface area contributed by atoms with E-state index in [0.29, 0.717) is 13.0 Å². The minimum absolute atomic E-state index is 0.0285. The maximum atomic E-state index is 11.8. The molecule has 0 aromatic heterocycles. The van der Waals surface area contributed by atoms with E-state index < -0.39 is 6.23 Å². The van der Waals surface area contributed by atoms with Gasteiger partial charge in [0.2, 0.25) is 0 Å². The summed E-state index contributed by atoms with van der Waals surface area (Å²) in [6.45, 7) is 0.314. The normalized spacial score (nSPS) is 23.6. The number of hydrogen-bond acceptors (Lipinski definition) is 4. The highest BCUT2D eigenvalue weighted by Gasteiger charge is 2.20. The molecule has 1 aliphatic rings. The number of esters is 1. The highest BCUT2D eigenvalue weighted by atomic mass is 16.5. The van der Waals surface area contributed by atoms with Gasteiger partial charge in [0, 0.05) is 6.04 Å². The zero-order valence-corrected chi connectivity index (χ0v) is 11.0. The van der Waals surface area contributed by atoms with Crippen LogP contribution in [0, 0.1) is 0 Å². The second-order valence-electron chi connectivity index (χ2n) is 5.01. The van der Waals surface area contributed by atoms with E-state index in [1.165, 1.54) is 0 Å². The number of carbonyl (C=O) groups excluding carboxylic acids is 1. The summed E-state index contributed by atoms with van der Waals surface area (Å²) in [5, 5.41) is 12.7. The van der Waals surface area contributed by atoms with Gasteiger partial charge in [0.05, 0.1) is 6.42 Å². The van der Waals surface area contributed by atoms with Crippen molar-refractivity contribution < 1.29 is 14.6 Å². The Kier molecular flexibility index (Phi) is 5.36. The van der Waals surface area contributed by atoms with Gasteiger partial charge in [-0.15, -0.1) is 0 Å². The Morgan fingerprint density at radius 3 is 2.79 bits per heavy atom. The fourth-order valence-electron chi connectivity index (χ4n) is 2.33. The van der Waals surface area contributed by atoms with Gasteiger partial charge in [-0.25, -0.2) is 0 Å². The van der Waals surface area contributed by atoms with Crippen LogP contribution in [0.2, 0.25) is 0 Å². The van der Waals surface area contributed by atoms with Crippen LogP contribution in [0.15, 0.2) is 30.3 Å². The molecule has 0 aliphatic carbocycles. The minimum Gasteiger partial charge on any atom is -0.461 e. The maximum absolute atomic E-state index is 11.8. The van der Waals surface area contributed by atoms with E-state index in [1.54, 1.807) is 0 Å². The van der Waals surface area contributed by atoms with Crippen molar-refractivity contribution in [3.8, 4) is 0 Å². The Morgan fingerprint density at radius 1 is 1.26 bits per heavy atom. The van der Waals surface area contributed by atoms with Gasteiger partial charge in [-0.3, -0.25) is 10.1 Å². The average Bonchev–Trinajstić information content (AvgIpc) is 2.62. The summed E-state index contributed by atoms with van der Waals surface area (Å²) in [6, 6.07) is 9.67. The molecule has 1 heterocycles. The zero-order chi connectivity index (χ0) is 13.5. The van der Waals surface area contributed by atoms with Gasteiger partial charge in [0.15, 0.2) is 0 Å². The van der Waals surface area contributed by atoms with Crippen LogP contribution in [-0.4, -0.2) is 23.3 Å². The smallest absolute Gasteiger partial charge is 0.307 e. The van der Waals surface area contributed by atoms with Crippen LogP contribution in [0.25, 0.3) is 0 Å². The number of rotatable bonds is 4. The molecule has 0 saturated carbocycles. The molecule has 104 valence electrons. The Hall–Kier alpha value is -1.39. The number of ether oxygens (including phenoxy) is 1. The summed E-state index contributed by atoms with van der Waals surface area (Å²) in [5.74, 6) is -0.213. The van der Waals surface area contributed by atoms with E-state index in [0.717, 1.165) is 31.2 Å². The van der Waals surface area contributed by atoms with Crippen molar-refractivity contribution in [3.05, 3.63) is 35.9 Å². The third-order valence-corrected chi connectivity index (χ3v) is 3.36. The molecule has 0 radical (unpaired) electrons. The third kappa shape index (κ3) is 5.01. The molecule has 0 spiro atoms. The first kappa shape index (κ1) is 14.0. The van der Waals surface area contributed by atoms with Crippen molar-refractivity contribution in [2.45, 2.75) is 51.0 Å². The lowest BCUT2D eigenvalue weighted by Crippen LogP contribution is -2.38. The van der Waals surface area contributed by atoms with Crippen LogP contribution in [0.3, 0.4) is 0 Å². The van der Waals surface area contributed by atoms with Crippen molar-refractivity contribution >= 4 is 5.97 Å². The lowest BCUT2D eigenvalue weighted by atomic mass is 10.1. The van der Waals surface area contributed by atoms with Crippen molar-refractivity contribution in [1.82, 2.24) is 5.32 Å². The summed E-state index contributed by atoms with van der Waals surface area (Å²) < 4.78 is 5.25. The first-order valence-electron chi connectivity index (χ1n) is 6.88. The first-order valence-corrected chi connectivity index (χ1v) is 6.88. The van der Waals surface area contributed by atoms with Gasteiger partial charge in [0.1, 0.15) is 12.8 Å². The van der Waals surface area contributed by atoms with Gasteiger partial charge in [-0.1, -0.05) is 36.8 Å². The quantitative estimate of drug-likeness (QED) is 0.815. The lowest BCUT2D eigenvalue weighted by Gasteiger charge is -2.18. The zero-order valence-electron chi connectivity index (χ0n) is 11.0. The van der Waals surface area contributed by atoms with Gasteiger partial charge in [-0.05, 0) is 24.8 Å². The van der Waals surface area contributed by atoms with Gasteiger partial charge < -0.3 is 9.84 Å². The minimum atomic E-state index is -0.491. The Balaban J connectivity index is 1.74. The van der Waals surface area contributed by atoms with Crippen LogP contribution in [0.5, 0.6) is 0 Å². The highest BCUT2D eigenvalue weighted by molar-refractivity contribution is 5.70. The molecule has 2 rings (SSSR count). The van der Waals surface area contributed by atoms with E-state index in [1.807, 2.05) is 30.3 Å². The summed E-state index contributed by atoms with van der Waals surface area (Å²) in [5.41, 5.74) is 0.990. The fraction of sp³-hybridized carbons (Fsp3) is 0.533. The molecular formula is C15H21NO3. The van der Waals surface area contributed by atoms with Gasteiger partial charge >= 0.3 is 5.97 Å². The first-order chi connectivity index (χ1) is 9.24. The van der Waals surface area contributed by atoms with Crippen LogP contribution in [-0.2, 0) is 16.1 Å². The number of aliphatic hydroxyl groups is 1. The van der Waals surface area contributed by atoms with Gasteiger partial charge in [-0.2, -0.15) is 0 Å². The number of benzene rings is 1. The molecule has 0 bridgehead atoms. The van der Waals surface area contributed by atoms with E-state index in [4.69, 9.17) is 4.74 Å². The third-order valence-electron chi connectivity index (χ3n) is 3.36. The number of hydrogen-bond donors (Lipinski definition) is 2. The summed E-state index contributed by atoms with van der Waals surface area (Å²) in [6.07, 6.45) is 3.55.